The minimum Gasteiger partial charge on any atom is -0.367 e. The first-order chi connectivity index (χ1) is 13.3. The van der Waals surface area contributed by atoms with Crippen molar-refractivity contribution in [3.05, 3.63) is 70.5 Å². The fraction of sp³-hybridized carbons (Fsp3) is 0.350. The van der Waals surface area contributed by atoms with E-state index in [1.807, 2.05) is 12.1 Å². The topological polar surface area (TPSA) is 45.7 Å². The second kappa shape index (κ2) is 12.0. The highest BCUT2D eigenvalue weighted by atomic mass is 127. The summed E-state index contributed by atoms with van der Waals surface area (Å²) in [6.45, 7) is 1.35. The Balaban J connectivity index is 0.00000420. The molecule has 0 saturated carbocycles. The number of nitrogens with zero attached hydrogens (tertiary/aromatic N) is 1. The Bertz CT molecular complexity index is 795. The van der Waals surface area contributed by atoms with Crippen LogP contribution in [0.4, 0.5) is 17.6 Å². The fourth-order valence-corrected chi connectivity index (χ4v) is 2.45. The zero-order valence-electron chi connectivity index (χ0n) is 16.1. The van der Waals surface area contributed by atoms with Gasteiger partial charge in [-0.1, -0.05) is 36.4 Å². The molecule has 0 fully saturated rings. The molecule has 0 bridgehead atoms. The van der Waals surface area contributed by atoms with Crippen LogP contribution in [0.2, 0.25) is 0 Å². The van der Waals surface area contributed by atoms with E-state index in [-0.39, 0.29) is 36.4 Å². The molecule has 2 N–H and O–H groups in total. The maximum atomic E-state index is 13.3. The lowest BCUT2D eigenvalue weighted by atomic mass is 10.1. The van der Waals surface area contributed by atoms with Crippen molar-refractivity contribution in [3.8, 4) is 0 Å². The van der Waals surface area contributed by atoms with Crippen molar-refractivity contribution in [1.29, 1.82) is 0 Å². The predicted molar refractivity (Wildman–Crippen MR) is 116 cm³/mol. The summed E-state index contributed by atoms with van der Waals surface area (Å²) in [5.74, 6) is 0.345. The van der Waals surface area contributed by atoms with Crippen molar-refractivity contribution < 1.29 is 22.3 Å². The molecular formula is C20H24F4IN3O. The SMILES string of the molecule is CN=C(NCc1ccc(COCC(F)(F)F)cc1)NCc1ccc(F)c(C)c1.I. The smallest absolute Gasteiger partial charge is 0.367 e. The fourth-order valence-electron chi connectivity index (χ4n) is 2.45. The largest absolute Gasteiger partial charge is 0.411 e. The van der Waals surface area contributed by atoms with E-state index in [9.17, 15) is 17.6 Å². The first kappa shape index (κ1) is 25.2. The first-order valence-corrected chi connectivity index (χ1v) is 8.68. The number of hydrogen-bond acceptors (Lipinski definition) is 2. The van der Waals surface area contributed by atoms with Crippen LogP contribution in [0.1, 0.15) is 22.3 Å². The molecule has 0 atom stereocenters. The number of aliphatic imine (C=N–C) groups is 1. The number of benzene rings is 2. The Hall–Kier alpha value is -1.88. The van der Waals surface area contributed by atoms with Crippen LogP contribution in [0.5, 0.6) is 0 Å². The molecule has 0 aliphatic carbocycles. The van der Waals surface area contributed by atoms with Gasteiger partial charge in [0.2, 0.25) is 0 Å². The van der Waals surface area contributed by atoms with E-state index in [1.165, 1.54) is 6.07 Å². The summed E-state index contributed by atoms with van der Waals surface area (Å²) in [4.78, 5) is 4.13. The molecule has 0 aliphatic rings. The molecule has 0 heterocycles. The number of halogens is 5. The first-order valence-electron chi connectivity index (χ1n) is 8.68. The number of nitrogens with one attached hydrogen (secondary N) is 2. The van der Waals surface area contributed by atoms with Crippen LogP contribution in [0.3, 0.4) is 0 Å². The number of aryl methyl sites for hydroxylation is 1. The Morgan fingerprint density at radius 2 is 1.52 bits per heavy atom. The molecule has 2 rings (SSSR count). The summed E-state index contributed by atoms with van der Waals surface area (Å²) in [6, 6.07) is 12.0. The summed E-state index contributed by atoms with van der Waals surface area (Å²) in [6.07, 6.45) is -4.32. The summed E-state index contributed by atoms with van der Waals surface area (Å²) >= 11 is 0. The second-order valence-corrected chi connectivity index (χ2v) is 6.29. The van der Waals surface area contributed by atoms with Gasteiger partial charge in [-0.25, -0.2) is 4.39 Å². The van der Waals surface area contributed by atoms with Crippen molar-refractivity contribution in [2.75, 3.05) is 13.7 Å². The van der Waals surface area contributed by atoms with E-state index in [0.717, 1.165) is 11.1 Å². The summed E-state index contributed by atoms with van der Waals surface area (Å²) in [7, 11) is 1.65. The van der Waals surface area contributed by atoms with Crippen molar-refractivity contribution >= 4 is 29.9 Å². The molecule has 0 saturated heterocycles. The van der Waals surface area contributed by atoms with Gasteiger partial charge in [-0.2, -0.15) is 13.2 Å². The normalized spacial score (nSPS) is 11.7. The predicted octanol–water partition coefficient (Wildman–Crippen LogP) is 4.70. The zero-order chi connectivity index (χ0) is 20.6. The number of alkyl halides is 3. The van der Waals surface area contributed by atoms with Gasteiger partial charge in [0.15, 0.2) is 5.96 Å². The lowest BCUT2D eigenvalue weighted by Crippen LogP contribution is -2.36. The molecule has 0 aliphatic heterocycles. The molecule has 0 unspecified atom stereocenters. The number of ether oxygens (including phenoxy) is 1. The highest BCUT2D eigenvalue weighted by molar-refractivity contribution is 14.0. The lowest BCUT2D eigenvalue weighted by molar-refractivity contribution is -0.176. The van der Waals surface area contributed by atoms with Gasteiger partial charge >= 0.3 is 6.18 Å². The molecule has 2 aromatic carbocycles. The summed E-state index contributed by atoms with van der Waals surface area (Å²) in [5, 5.41) is 6.30. The van der Waals surface area contributed by atoms with Gasteiger partial charge < -0.3 is 15.4 Å². The molecule has 29 heavy (non-hydrogen) atoms. The van der Waals surface area contributed by atoms with Crippen molar-refractivity contribution in [3.63, 3.8) is 0 Å². The van der Waals surface area contributed by atoms with Gasteiger partial charge in [-0.05, 0) is 35.2 Å². The van der Waals surface area contributed by atoms with Crippen LogP contribution in [0.25, 0.3) is 0 Å². The monoisotopic (exact) mass is 525 g/mol. The Morgan fingerprint density at radius 1 is 0.966 bits per heavy atom. The van der Waals surface area contributed by atoms with Crippen LogP contribution in [-0.4, -0.2) is 25.8 Å². The third-order valence-electron chi connectivity index (χ3n) is 3.92. The molecular weight excluding hydrogens is 501 g/mol. The van der Waals surface area contributed by atoms with Crippen LogP contribution < -0.4 is 10.6 Å². The minimum atomic E-state index is -4.32. The standard InChI is InChI=1S/C20H23F4N3O.HI/c1-14-9-17(7-8-18(14)21)11-27-19(25-2)26-10-15-3-5-16(6-4-15)12-28-13-20(22,23)24;/h3-9H,10-13H2,1-2H3,(H2,25,26,27);1H. The van der Waals surface area contributed by atoms with E-state index < -0.39 is 12.8 Å². The molecule has 160 valence electrons. The van der Waals surface area contributed by atoms with Crippen LogP contribution in [0.15, 0.2) is 47.5 Å². The summed E-state index contributed by atoms with van der Waals surface area (Å²) in [5.41, 5.74) is 3.13. The maximum absolute atomic E-state index is 13.3. The van der Waals surface area contributed by atoms with Crippen LogP contribution in [0, 0.1) is 12.7 Å². The van der Waals surface area contributed by atoms with Gasteiger partial charge in [0.25, 0.3) is 0 Å². The highest BCUT2D eigenvalue weighted by Crippen LogP contribution is 2.16. The molecule has 4 nitrogen and oxygen atoms in total. The minimum absolute atomic E-state index is 0. The van der Waals surface area contributed by atoms with E-state index in [0.29, 0.717) is 30.2 Å². The molecule has 0 radical (unpaired) electrons. The Kier molecular flexibility index (Phi) is 10.4. The van der Waals surface area contributed by atoms with Crippen LogP contribution >= 0.6 is 24.0 Å². The van der Waals surface area contributed by atoms with E-state index >= 15 is 0 Å². The Morgan fingerprint density at radius 3 is 2.07 bits per heavy atom. The molecule has 2 aromatic rings. The third-order valence-corrected chi connectivity index (χ3v) is 3.92. The van der Waals surface area contributed by atoms with Crippen molar-refractivity contribution in [2.45, 2.75) is 32.8 Å². The zero-order valence-corrected chi connectivity index (χ0v) is 18.5. The molecule has 0 aromatic heterocycles. The van der Waals surface area contributed by atoms with Gasteiger partial charge in [0.1, 0.15) is 12.4 Å². The van der Waals surface area contributed by atoms with E-state index in [2.05, 4.69) is 20.4 Å². The number of rotatable bonds is 7. The second-order valence-electron chi connectivity index (χ2n) is 6.29. The molecule has 0 amide bonds. The quantitative estimate of drug-likeness (QED) is 0.239. The molecule has 0 spiro atoms. The maximum Gasteiger partial charge on any atom is 0.411 e. The third kappa shape index (κ3) is 9.44. The highest BCUT2D eigenvalue weighted by Gasteiger charge is 2.27. The van der Waals surface area contributed by atoms with E-state index in [1.54, 1.807) is 38.2 Å². The Labute approximate surface area is 184 Å². The van der Waals surface area contributed by atoms with Crippen LogP contribution in [-0.2, 0) is 24.4 Å². The van der Waals surface area contributed by atoms with Gasteiger partial charge in [-0.15, -0.1) is 24.0 Å². The van der Waals surface area contributed by atoms with Gasteiger partial charge in [0, 0.05) is 20.1 Å². The molecule has 9 heteroatoms. The average Bonchev–Trinajstić information content (AvgIpc) is 2.65. The van der Waals surface area contributed by atoms with Crippen molar-refractivity contribution in [1.82, 2.24) is 10.6 Å². The number of hydrogen-bond donors (Lipinski definition) is 2. The number of guanidine groups is 1. The average molecular weight is 525 g/mol. The summed E-state index contributed by atoms with van der Waals surface area (Å²) < 4.78 is 54.2. The van der Waals surface area contributed by atoms with E-state index in [4.69, 9.17) is 0 Å². The van der Waals surface area contributed by atoms with Gasteiger partial charge in [-0.3, -0.25) is 4.99 Å². The lowest BCUT2D eigenvalue weighted by Gasteiger charge is -2.13. The van der Waals surface area contributed by atoms with Gasteiger partial charge in [0.05, 0.1) is 6.61 Å². The van der Waals surface area contributed by atoms with Crippen molar-refractivity contribution in [2.24, 2.45) is 4.99 Å².